The average molecular weight is 447 g/mol. The Morgan fingerprint density at radius 2 is 1.15 bits per heavy atom. The Balaban J connectivity index is 1.09. The van der Waals surface area contributed by atoms with Crippen molar-refractivity contribution in [2.45, 2.75) is 98.3 Å². The molecule has 180 valence electrons. The summed E-state index contributed by atoms with van der Waals surface area (Å²) in [6.45, 7) is 15.3. The lowest BCUT2D eigenvalue weighted by Gasteiger charge is -2.51. The SMILES string of the molecule is CC1CC(c2ccc(CCCCCCOc3ccc(C4CC(C)C4(C)C)cc3)cc2)C1(C)C. The highest BCUT2D eigenvalue weighted by Gasteiger charge is 2.46. The minimum Gasteiger partial charge on any atom is -0.494 e. The third-order valence-corrected chi connectivity index (χ3v) is 9.81. The Morgan fingerprint density at radius 1 is 0.667 bits per heavy atom. The van der Waals surface area contributed by atoms with E-state index >= 15 is 0 Å². The maximum Gasteiger partial charge on any atom is 0.119 e. The fourth-order valence-electron chi connectivity index (χ4n) is 6.11. The van der Waals surface area contributed by atoms with Crippen LogP contribution in [0.25, 0.3) is 0 Å². The van der Waals surface area contributed by atoms with E-state index in [9.17, 15) is 0 Å². The second kappa shape index (κ2) is 9.85. The fourth-order valence-corrected chi connectivity index (χ4v) is 6.11. The maximum absolute atomic E-state index is 6.01. The summed E-state index contributed by atoms with van der Waals surface area (Å²) < 4.78 is 6.01. The Morgan fingerprint density at radius 3 is 1.64 bits per heavy atom. The van der Waals surface area contributed by atoms with E-state index in [0.29, 0.717) is 16.7 Å². The summed E-state index contributed by atoms with van der Waals surface area (Å²) in [6.07, 6.45) is 8.80. The van der Waals surface area contributed by atoms with Gasteiger partial charge in [0.05, 0.1) is 6.61 Å². The molecule has 4 unspecified atom stereocenters. The Hall–Kier alpha value is -1.76. The van der Waals surface area contributed by atoms with Gasteiger partial charge in [-0.05, 0) is 95.4 Å². The van der Waals surface area contributed by atoms with Gasteiger partial charge in [0.25, 0.3) is 0 Å². The van der Waals surface area contributed by atoms with Crippen molar-refractivity contribution in [1.82, 2.24) is 0 Å². The van der Waals surface area contributed by atoms with Gasteiger partial charge in [0.1, 0.15) is 5.75 Å². The van der Waals surface area contributed by atoms with Gasteiger partial charge >= 0.3 is 0 Å². The number of hydrogen-bond acceptors (Lipinski definition) is 1. The number of aryl methyl sites for hydroxylation is 1. The monoisotopic (exact) mass is 446 g/mol. The lowest BCUT2D eigenvalue weighted by atomic mass is 9.53. The van der Waals surface area contributed by atoms with Gasteiger partial charge < -0.3 is 4.74 Å². The molecule has 0 radical (unpaired) electrons. The number of rotatable bonds is 10. The first-order valence-corrected chi connectivity index (χ1v) is 13.5. The van der Waals surface area contributed by atoms with Crippen molar-refractivity contribution in [3.63, 3.8) is 0 Å². The minimum atomic E-state index is 0.427. The van der Waals surface area contributed by atoms with Crippen molar-refractivity contribution < 1.29 is 4.74 Å². The number of unbranched alkanes of at least 4 members (excludes halogenated alkanes) is 3. The summed E-state index contributed by atoms with van der Waals surface area (Å²) in [7, 11) is 0. The number of benzene rings is 2. The van der Waals surface area contributed by atoms with Gasteiger partial charge in [-0.15, -0.1) is 0 Å². The van der Waals surface area contributed by atoms with Crippen molar-refractivity contribution in [1.29, 1.82) is 0 Å². The summed E-state index contributed by atoms with van der Waals surface area (Å²) in [5.41, 5.74) is 5.39. The van der Waals surface area contributed by atoms with Crippen LogP contribution in [0.15, 0.2) is 48.5 Å². The Labute approximate surface area is 203 Å². The largest absolute Gasteiger partial charge is 0.494 e. The van der Waals surface area contributed by atoms with E-state index < -0.39 is 0 Å². The van der Waals surface area contributed by atoms with Crippen molar-refractivity contribution in [2.24, 2.45) is 22.7 Å². The summed E-state index contributed by atoms with van der Waals surface area (Å²) in [4.78, 5) is 0. The molecule has 2 fully saturated rings. The standard InChI is InChI=1S/C32H46O/c1-23-21-29(31(23,3)4)26-14-12-25(13-15-26)11-9-7-8-10-20-33-28-18-16-27(17-19-28)30-22-24(2)32(30,5)6/h12-19,23-24,29-30H,7-11,20-22H2,1-6H3. The zero-order valence-corrected chi connectivity index (χ0v) is 22.0. The van der Waals surface area contributed by atoms with Crippen LogP contribution in [-0.4, -0.2) is 6.61 Å². The van der Waals surface area contributed by atoms with Gasteiger partial charge in [0, 0.05) is 0 Å². The molecule has 0 heterocycles. The first-order chi connectivity index (χ1) is 15.7. The van der Waals surface area contributed by atoms with Crippen LogP contribution >= 0.6 is 0 Å². The molecule has 2 aliphatic carbocycles. The van der Waals surface area contributed by atoms with Crippen molar-refractivity contribution >= 4 is 0 Å². The van der Waals surface area contributed by atoms with Gasteiger partial charge in [-0.3, -0.25) is 0 Å². The first-order valence-electron chi connectivity index (χ1n) is 13.5. The minimum absolute atomic E-state index is 0.427. The van der Waals surface area contributed by atoms with E-state index in [1.54, 1.807) is 0 Å². The van der Waals surface area contributed by atoms with Gasteiger partial charge in [-0.1, -0.05) is 90.8 Å². The lowest BCUT2D eigenvalue weighted by molar-refractivity contribution is 0.0480. The van der Waals surface area contributed by atoms with Crippen LogP contribution in [0, 0.1) is 22.7 Å². The summed E-state index contributed by atoms with van der Waals surface area (Å²) in [5.74, 6) is 4.13. The Kier molecular flexibility index (Phi) is 7.27. The van der Waals surface area contributed by atoms with Crippen LogP contribution in [0.1, 0.15) is 109 Å². The molecule has 2 aliphatic rings. The van der Waals surface area contributed by atoms with Crippen molar-refractivity contribution in [3.05, 3.63) is 65.2 Å². The Bertz CT molecular complexity index is 814. The predicted octanol–water partition coefficient (Wildman–Crippen LogP) is 9.17. The molecule has 0 amide bonds. The van der Waals surface area contributed by atoms with E-state index in [2.05, 4.69) is 90.1 Å². The van der Waals surface area contributed by atoms with Gasteiger partial charge in [0.15, 0.2) is 0 Å². The van der Waals surface area contributed by atoms with Crippen molar-refractivity contribution in [2.75, 3.05) is 6.61 Å². The predicted molar refractivity (Wildman–Crippen MR) is 141 cm³/mol. The second-order valence-electron chi connectivity index (χ2n) is 12.3. The zero-order valence-electron chi connectivity index (χ0n) is 22.0. The van der Waals surface area contributed by atoms with E-state index in [0.717, 1.165) is 36.5 Å². The molecular weight excluding hydrogens is 400 g/mol. The molecule has 2 aromatic carbocycles. The normalized spacial score (nSPS) is 27.5. The maximum atomic E-state index is 6.01. The molecule has 2 aromatic rings. The number of hydrogen-bond donors (Lipinski definition) is 0. The highest BCUT2D eigenvalue weighted by atomic mass is 16.5. The first kappa shape index (κ1) is 24.4. The van der Waals surface area contributed by atoms with E-state index in [1.165, 1.54) is 55.2 Å². The van der Waals surface area contributed by atoms with Gasteiger partial charge in [-0.2, -0.15) is 0 Å². The molecule has 0 aromatic heterocycles. The number of ether oxygens (including phenoxy) is 1. The molecule has 0 bridgehead atoms. The summed E-state index contributed by atoms with van der Waals surface area (Å²) in [6, 6.07) is 18.4. The average Bonchev–Trinajstić information content (AvgIpc) is 2.81. The fraction of sp³-hybridized carbons (Fsp3) is 0.625. The van der Waals surface area contributed by atoms with Crippen LogP contribution in [0.3, 0.4) is 0 Å². The van der Waals surface area contributed by atoms with Crippen LogP contribution < -0.4 is 4.74 Å². The molecule has 0 spiro atoms. The smallest absolute Gasteiger partial charge is 0.119 e. The second-order valence-corrected chi connectivity index (χ2v) is 12.3. The molecule has 0 saturated heterocycles. The lowest BCUT2D eigenvalue weighted by Crippen LogP contribution is -2.41. The molecular formula is C32H46O. The van der Waals surface area contributed by atoms with E-state index in [1.807, 2.05) is 0 Å². The van der Waals surface area contributed by atoms with Crippen LogP contribution in [0.5, 0.6) is 5.75 Å². The van der Waals surface area contributed by atoms with Crippen molar-refractivity contribution in [3.8, 4) is 5.75 Å². The molecule has 33 heavy (non-hydrogen) atoms. The quantitative estimate of drug-likeness (QED) is 0.330. The molecule has 0 N–H and O–H groups in total. The third-order valence-electron chi connectivity index (χ3n) is 9.81. The summed E-state index contributed by atoms with van der Waals surface area (Å²) >= 11 is 0. The molecule has 4 rings (SSSR count). The molecule has 1 heteroatoms. The van der Waals surface area contributed by atoms with Gasteiger partial charge in [0.2, 0.25) is 0 Å². The van der Waals surface area contributed by atoms with E-state index in [4.69, 9.17) is 4.74 Å². The van der Waals surface area contributed by atoms with Crippen LogP contribution in [-0.2, 0) is 6.42 Å². The summed E-state index contributed by atoms with van der Waals surface area (Å²) in [5, 5.41) is 0. The molecule has 0 aliphatic heterocycles. The molecule has 1 nitrogen and oxygen atoms in total. The molecule has 4 atom stereocenters. The zero-order chi connectivity index (χ0) is 23.6. The molecule has 2 saturated carbocycles. The van der Waals surface area contributed by atoms with Gasteiger partial charge in [-0.25, -0.2) is 0 Å². The van der Waals surface area contributed by atoms with E-state index in [-0.39, 0.29) is 0 Å². The van der Waals surface area contributed by atoms with Crippen LogP contribution in [0.2, 0.25) is 0 Å². The highest BCUT2D eigenvalue weighted by molar-refractivity contribution is 5.32. The third kappa shape index (κ3) is 5.18. The highest BCUT2D eigenvalue weighted by Crippen LogP contribution is 2.57. The van der Waals surface area contributed by atoms with Crippen LogP contribution in [0.4, 0.5) is 0 Å². The topological polar surface area (TPSA) is 9.23 Å².